The van der Waals surface area contributed by atoms with Crippen LogP contribution in [0.25, 0.3) is 0 Å². The third kappa shape index (κ3) is 4.45. The van der Waals surface area contributed by atoms with Crippen LogP contribution in [-0.2, 0) is 9.84 Å². The van der Waals surface area contributed by atoms with Gasteiger partial charge in [-0.2, -0.15) is 5.26 Å². The second-order valence-corrected chi connectivity index (χ2v) is 6.04. The topological polar surface area (TPSA) is 70.0 Å². The highest BCUT2D eigenvalue weighted by Crippen LogP contribution is 2.12. The number of nitrogens with zero attached hydrogens (tertiary/aromatic N) is 1. The fraction of sp³-hybridized carbons (Fsp3) is 0.417. The number of sulfone groups is 1. The molecule has 0 heterocycles. The van der Waals surface area contributed by atoms with Gasteiger partial charge in [0.1, 0.15) is 6.07 Å². The smallest absolute Gasteiger partial charge is 0.152 e. The molecule has 0 aliphatic carbocycles. The van der Waals surface area contributed by atoms with Gasteiger partial charge >= 0.3 is 0 Å². The molecular weight excluding hydrogens is 236 g/mol. The molecule has 0 aromatic heterocycles. The van der Waals surface area contributed by atoms with Gasteiger partial charge in [-0.25, -0.2) is 8.42 Å². The van der Waals surface area contributed by atoms with Crippen LogP contribution in [-0.4, -0.2) is 26.5 Å². The molecule has 0 bridgehead atoms. The number of para-hydroxylation sites is 1. The maximum absolute atomic E-state index is 11.5. The summed E-state index contributed by atoms with van der Waals surface area (Å²) in [5.41, 5.74) is 1.21. The van der Waals surface area contributed by atoms with Crippen LogP contribution in [0.1, 0.15) is 18.9 Å². The Morgan fingerprint density at radius 2 is 2.00 bits per heavy atom. The number of nitriles is 1. The van der Waals surface area contributed by atoms with Crippen LogP contribution < -0.4 is 5.32 Å². The van der Waals surface area contributed by atoms with Gasteiger partial charge in [-0.1, -0.05) is 19.1 Å². The molecule has 4 nitrogen and oxygen atoms in total. The van der Waals surface area contributed by atoms with E-state index in [0.29, 0.717) is 24.2 Å². The second kappa shape index (κ2) is 6.26. The Bertz CT molecular complexity index is 503. The van der Waals surface area contributed by atoms with Crippen LogP contribution in [0.5, 0.6) is 0 Å². The summed E-state index contributed by atoms with van der Waals surface area (Å²) in [4.78, 5) is 0. The molecule has 0 fully saturated rings. The maximum atomic E-state index is 11.5. The van der Waals surface area contributed by atoms with Gasteiger partial charge in [-0.15, -0.1) is 0 Å². The molecule has 0 saturated heterocycles. The quantitative estimate of drug-likeness (QED) is 0.838. The van der Waals surface area contributed by atoms with E-state index in [0.717, 1.165) is 0 Å². The lowest BCUT2D eigenvalue weighted by Crippen LogP contribution is -2.18. The van der Waals surface area contributed by atoms with Gasteiger partial charge < -0.3 is 5.32 Å². The molecule has 1 rings (SSSR count). The van der Waals surface area contributed by atoms with Gasteiger partial charge in [0.15, 0.2) is 9.84 Å². The third-order valence-electron chi connectivity index (χ3n) is 2.29. The molecule has 1 N–H and O–H groups in total. The van der Waals surface area contributed by atoms with Crippen molar-refractivity contribution >= 4 is 15.5 Å². The molecule has 0 radical (unpaired) electrons. The number of rotatable bonds is 6. The monoisotopic (exact) mass is 252 g/mol. The summed E-state index contributed by atoms with van der Waals surface area (Å²) in [6, 6.07) is 9.11. The first-order valence-electron chi connectivity index (χ1n) is 5.52. The van der Waals surface area contributed by atoms with Gasteiger partial charge in [-0.3, -0.25) is 0 Å². The predicted molar refractivity (Wildman–Crippen MR) is 68.6 cm³/mol. The van der Waals surface area contributed by atoms with E-state index < -0.39 is 9.84 Å². The first-order valence-corrected chi connectivity index (χ1v) is 7.34. The summed E-state index contributed by atoms with van der Waals surface area (Å²) in [5.74, 6) is 0.315. The Morgan fingerprint density at radius 3 is 2.65 bits per heavy atom. The summed E-state index contributed by atoms with van der Waals surface area (Å²) in [5, 5.41) is 11.8. The van der Waals surface area contributed by atoms with E-state index in [4.69, 9.17) is 5.26 Å². The molecule has 0 spiro atoms. The summed E-state index contributed by atoms with van der Waals surface area (Å²) in [6.45, 7) is 2.18. The molecule has 0 aliphatic heterocycles. The third-order valence-corrected chi connectivity index (χ3v) is 4.15. The first kappa shape index (κ1) is 13.5. The first-order chi connectivity index (χ1) is 8.09. The summed E-state index contributed by atoms with van der Waals surface area (Å²) < 4.78 is 22.9. The highest BCUT2D eigenvalue weighted by Gasteiger charge is 2.09. The average molecular weight is 252 g/mol. The Labute approximate surface area is 102 Å². The van der Waals surface area contributed by atoms with E-state index in [1.54, 1.807) is 18.2 Å². The lowest BCUT2D eigenvalue weighted by molar-refractivity contribution is 0.595. The minimum atomic E-state index is -2.97. The molecule has 1 aromatic rings. The van der Waals surface area contributed by atoms with Crippen molar-refractivity contribution in [2.75, 3.05) is 23.4 Å². The molecule has 5 heteroatoms. The highest BCUT2D eigenvalue weighted by molar-refractivity contribution is 7.91. The van der Waals surface area contributed by atoms with Crippen molar-refractivity contribution in [3.63, 3.8) is 0 Å². The van der Waals surface area contributed by atoms with Crippen LogP contribution >= 0.6 is 0 Å². The van der Waals surface area contributed by atoms with Crippen LogP contribution in [0.3, 0.4) is 0 Å². The molecular formula is C12H16N2O2S. The average Bonchev–Trinajstić information content (AvgIpc) is 2.29. The molecule has 0 aliphatic rings. The number of benzene rings is 1. The van der Waals surface area contributed by atoms with Crippen molar-refractivity contribution in [2.24, 2.45) is 0 Å². The normalized spacial score (nSPS) is 10.8. The standard InChI is InChI=1S/C12H16N2O2S/c1-2-8-17(15,16)9-7-14-12-6-4-3-5-11(12)10-13/h3-6,14H,2,7-9H2,1H3. The summed E-state index contributed by atoms with van der Waals surface area (Å²) >= 11 is 0. The highest BCUT2D eigenvalue weighted by atomic mass is 32.2. The van der Waals surface area contributed by atoms with Gasteiger partial charge in [0.25, 0.3) is 0 Å². The summed E-state index contributed by atoms with van der Waals surface area (Å²) in [7, 11) is -2.97. The second-order valence-electron chi connectivity index (χ2n) is 3.74. The number of anilines is 1. The van der Waals surface area contributed by atoms with Gasteiger partial charge in [0.2, 0.25) is 0 Å². The fourth-order valence-corrected chi connectivity index (χ4v) is 2.73. The van der Waals surface area contributed by atoms with Gasteiger partial charge in [0, 0.05) is 12.3 Å². The number of nitrogens with one attached hydrogen (secondary N) is 1. The molecule has 0 unspecified atom stereocenters. The minimum absolute atomic E-state index is 0.0978. The Kier molecular flexibility index (Phi) is 4.98. The zero-order chi connectivity index (χ0) is 12.7. The fourth-order valence-electron chi connectivity index (χ4n) is 1.49. The van der Waals surface area contributed by atoms with E-state index in [1.807, 2.05) is 13.0 Å². The Morgan fingerprint density at radius 1 is 1.29 bits per heavy atom. The molecule has 1 aromatic carbocycles. The Balaban J connectivity index is 2.55. The van der Waals surface area contributed by atoms with Crippen molar-refractivity contribution in [2.45, 2.75) is 13.3 Å². The predicted octanol–water partition coefficient (Wildman–Crippen LogP) is 1.79. The van der Waals surface area contributed by atoms with E-state index in [-0.39, 0.29) is 11.5 Å². The van der Waals surface area contributed by atoms with E-state index in [9.17, 15) is 8.42 Å². The SMILES string of the molecule is CCCS(=O)(=O)CCNc1ccccc1C#N. The van der Waals surface area contributed by atoms with Gasteiger partial charge in [0.05, 0.1) is 17.0 Å². The molecule has 0 saturated carbocycles. The molecule has 0 atom stereocenters. The zero-order valence-corrected chi connectivity index (χ0v) is 10.6. The largest absolute Gasteiger partial charge is 0.383 e. The van der Waals surface area contributed by atoms with E-state index >= 15 is 0 Å². The lowest BCUT2D eigenvalue weighted by Gasteiger charge is -2.08. The molecule has 17 heavy (non-hydrogen) atoms. The molecule has 0 amide bonds. The van der Waals surface area contributed by atoms with Crippen molar-refractivity contribution in [1.82, 2.24) is 0 Å². The van der Waals surface area contributed by atoms with Crippen molar-refractivity contribution in [3.8, 4) is 6.07 Å². The van der Waals surface area contributed by atoms with E-state index in [2.05, 4.69) is 11.4 Å². The van der Waals surface area contributed by atoms with Crippen LogP contribution in [0.2, 0.25) is 0 Å². The van der Waals surface area contributed by atoms with Crippen molar-refractivity contribution in [3.05, 3.63) is 29.8 Å². The molecule has 92 valence electrons. The van der Waals surface area contributed by atoms with Gasteiger partial charge in [-0.05, 0) is 18.6 Å². The number of hydrogen-bond acceptors (Lipinski definition) is 4. The minimum Gasteiger partial charge on any atom is -0.383 e. The Hall–Kier alpha value is -1.54. The van der Waals surface area contributed by atoms with Crippen molar-refractivity contribution in [1.29, 1.82) is 5.26 Å². The van der Waals surface area contributed by atoms with Crippen LogP contribution in [0.15, 0.2) is 24.3 Å². The van der Waals surface area contributed by atoms with E-state index in [1.165, 1.54) is 0 Å². The van der Waals surface area contributed by atoms with Crippen LogP contribution in [0.4, 0.5) is 5.69 Å². The lowest BCUT2D eigenvalue weighted by atomic mass is 10.2. The maximum Gasteiger partial charge on any atom is 0.152 e. The van der Waals surface area contributed by atoms with Crippen molar-refractivity contribution < 1.29 is 8.42 Å². The zero-order valence-electron chi connectivity index (χ0n) is 9.81. The van der Waals surface area contributed by atoms with Crippen LogP contribution in [0, 0.1) is 11.3 Å². The summed E-state index contributed by atoms with van der Waals surface area (Å²) in [6.07, 6.45) is 0.636. The number of hydrogen-bond donors (Lipinski definition) is 1.